The van der Waals surface area contributed by atoms with Crippen LogP contribution >= 0.6 is 11.8 Å². The second-order valence-corrected chi connectivity index (χ2v) is 5.99. The van der Waals surface area contributed by atoms with E-state index in [1.165, 1.54) is 0 Å². The van der Waals surface area contributed by atoms with Crippen LogP contribution in [0.25, 0.3) is 0 Å². The number of rotatable bonds is 6. The molecule has 2 heterocycles. The molecule has 1 N–H and O–H groups in total. The minimum absolute atomic E-state index is 0.000286. The van der Waals surface area contributed by atoms with Crippen LogP contribution in [0.5, 0.6) is 0 Å². The molecule has 0 bridgehead atoms. The van der Waals surface area contributed by atoms with Gasteiger partial charge in [0.2, 0.25) is 5.91 Å². The maximum Gasteiger partial charge on any atom is 0.257 e. The van der Waals surface area contributed by atoms with E-state index in [2.05, 4.69) is 10.3 Å². The fourth-order valence-corrected chi connectivity index (χ4v) is 3.64. The van der Waals surface area contributed by atoms with Gasteiger partial charge in [0.1, 0.15) is 0 Å². The summed E-state index contributed by atoms with van der Waals surface area (Å²) < 4.78 is 6.58. The Hall–Kier alpha value is -1.34. The lowest BCUT2D eigenvalue weighted by atomic mass is 10.1. The van der Waals surface area contributed by atoms with Gasteiger partial charge in [0, 0.05) is 37.1 Å². The molecule has 0 aromatic carbocycles. The second kappa shape index (κ2) is 7.09. The lowest BCUT2D eigenvalue weighted by Gasteiger charge is -2.15. The Kier molecular flexibility index (Phi) is 5.41. The summed E-state index contributed by atoms with van der Waals surface area (Å²) in [4.78, 5) is 28.9. The van der Waals surface area contributed by atoms with Gasteiger partial charge in [-0.25, -0.2) is 4.98 Å². The van der Waals surface area contributed by atoms with E-state index in [-0.39, 0.29) is 17.5 Å². The monoisotopic (exact) mass is 311 g/mol. The molecule has 2 rings (SSSR count). The Labute approximate surface area is 128 Å². The van der Waals surface area contributed by atoms with Crippen molar-refractivity contribution in [2.45, 2.75) is 37.9 Å². The number of thioether (sulfide) groups is 1. The van der Waals surface area contributed by atoms with Crippen LogP contribution in [0.3, 0.4) is 0 Å². The zero-order valence-corrected chi connectivity index (χ0v) is 13.5. The largest absolute Gasteiger partial charge is 0.383 e. The van der Waals surface area contributed by atoms with Crippen molar-refractivity contribution in [1.29, 1.82) is 0 Å². The highest BCUT2D eigenvalue weighted by Crippen LogP contribution is 2.32. The number of fused-ring (bicyclic) bond motifs is 1. The number of amides is 1. The standard InChI is InChI=1S/C14H21N3O3S/c1-4-11-9(2)16-14-17(13(11)19)10(8-21-14)7-12(18)15-5-6-20-3/h10H,4-8H2,1-3H3,(H,15,18). The van der Waals surface area contributed by atoms with Gasteiger partial charge in [-0.2, -0.15) is 0 Å². The van der Waals surface area contributed by atoms with E-state index in [0.717, 1.165) is 16.4 Å². The highest BCUT2D eigenvalue weighted by atomic mass is 32.2. The van der Waals surface area contributed by atoms with E-state index < -0.39 is 0 Å². The molecule has 1 aliphatic heterocycles. The second-order valence-electron chi connectivity index (χ2n) is 5.00. The van der Waals surface area contributed by atoms with Crippen LogP contribution in [-0.4, -0.2) is 41.5 Å². The first-order valence-corrected chi connectivity index (χ1v) is 8.07. The number of hydrogen-bond acceptors (Lipinski definition) is 5. The van der Waals surface area contributed by atoms with Gasteiger partial charge in [0.05, 0.1) is 12.6 Å². The molecule has 116 valence electrons. The third-order valence-electron chi connectivity index (χ3n) is 3.56. The summed E-state index contributed by atoms with van der Waals surface area (Å²) in [6.07, 6.45) is 0.965. The van der Waals surface area contributed by atoms with Gasteiger partial charge in [0.15, 0.2) is 5.16 Å². The molecule has 21 heavy (non-hydrogen) atoms. The van der Waals surface area contributed by atoms with Crippen molar-refractivity contribution < 1.29 is 9.53 Å². The van der Waals surface area contributed by atoms with Gasteiger partial charge in [-0.3, -0.25) is 14.2 Å². The number of aromatic nitrogens is 2. The number of methoxy groups -OCH3 is 1. The van der Waals surface area contributed by atoms with Crippen molar-refractivity contribution in [1.82, 2.24) is 14.9 Å². The van der Waals surface area contributed by atoms with Crippen LogP contribution in [0.15, 0.2) is 9.95 Å². The Balaban J connectivity index is 2.14. The lowest BCUT2D eigenvalue weighted by molar-refractivity contribution is -0.121. The number of ether oxygens (including phenoxy) is 1. The Morgan fingerprint density at radius 2 is 2.33 bits per heavy atom. The van der Waals surface area contributed by atoms with Gasteiger partial charge in [-0.15, -0.1) is 0 Å². The molecule has 0 aliphatic carbocycles. The fourth-order valence-electron chi connectivity index (χ4n) is 2.46. The number of nitrogens with zero attached hydrogens (tertiary/aromatic N) is 2. The Morgan fingerprint density at radius 3 is 3.00 bits per heavy atom. The quantitative estimate of drug-likeness (QED) is 0.624. The lowest BCUT2D eigenvalue weighted by Crippen LogP contribution is -2.33. The van der Waals surface area contributed by atoms with Gasteiger partial charge in [0.25, 0.3) is 5.56 Å². The fraction of sp³-hybridized carbons (Fsp3) is 0.643. The van der Waals surface area contributed by atoms with Crippen LogP contribution in [0.4, 0.5) is 0 Å². The van der Waals surface area contributed by atoms with E-state index in [0.29, 0.717) is 31.7 Å². The average Bonchev–Trinajstić information content (AvgIpc) is 2.82. The average molecular weight is 311 g/mol. The summed E-state index contributed by atoms with van der Waals surface area (Å²) in [6, 6.07) is -0.113. The third-order valence-corrected chi connectivity index (χ3v) is 4.65. The molecule has 0 saturated carbocycles. The van der Waals surface area contributed by atoms with E-state index in [1.54, 1.807) is 23.4 Å². The number of carbonyl (C=O) groups is 1. The van der Waals surface area contributed by atoms with E-state index in [4.69, 9.17) is 4.74 Å². The van der Waals surface area contributed by atoms with Crippen molar-refractivity contribution in [3.05, 3.63) is 21.6 Å². The van der Waals surface area contributed by atoms with Crippen molar-refractivity contribution in [2.24, 2.45) is 0 Å². The number of nitrogens with one attached hydrogen (secondary N) is 1. The summed E-state index contributed by atoms with van der Waals surface area (Å²) in [5.41, 5.74) is 1.54. The molecule has 1 aromatic rings. The minimum Gasteiger partial charge on any atom is -0.383 e. The molecule has 7 heteroatoms. The molecular formula is C14H21N3O3S. The summed E-state index contributed by atoms with van der Waals surface area (Å²) in [5.74, 6) is 0.656. The number of carbonyl (C=O) groups excluding carboxylic acids is 1. The molecule has 0 radical (unpaired) electrons. The molecule has 6 nitrogen and oxygen atoms in total. The maximum atomic E-state index is 12.5. The predicted octanol–water partition coefficient (Wildman–Crippen LogP) is 0.914. The van der Waals surface area contributed by atoms with Crippen molar-refractivity contribution in [2.75, 3.05) is 26.0 Å². The summed E-state index contributed by atoms with van der Waals surface area (Å²) in [5, 5.41) is 3.52. The molecule has 0 saturated heterocycles. The molecule has 1 atom stereocenters. The van der Waals surface area contributed by atoms with E-state index in [9.17, 15) is 9.59 Å². The third kappa shape index (κ3) is 3.47. The van der Waals surface area contributed by atoms with E-state index in [1.807, 2.05) is 13.8 Å². The SMILES string of the molecule is CCc1c(C)nc2n(c1=O)C(CC(=O)NCCOC)CS2. The van der Waals surface area contributed by atoms with Crippen LogP contribution in [0.1, 0.15) is 30.6 Å². The Morgan fingerprint density at radius 1 is 1.57 bits per heavy atom. The Bertz CT molecular complexity index is 586. The molecular weight excluding hydrogens is 290 g/mol. The van der Waals surface area contributed by atoms with E-state index >= 15 is 0 Å². The first-order valence-electron chi connectivity index (χ1n) is 7.08. The van der Waals surface area contributed by atoms with Crippen molar-refractivity contribution in [3.63, 3.8) is 0 Å². The topological polar surface area (TPSA) is 73.2 Å². The first kappa shape index (κ1) is 16.0. The van der Waals surface area contributed by atoms with Crippen LogP contribution in [-0.2, 0) is 16.0 Å². The normalized spacial score (nSPS) is 16.8. The van der Waals surface area contributed by atoms with Crippen LogP contribution in [0, 0.1) is 6.92 Å². The smallest absolute Gasteiger partial charge is 0.257 e. The van der Waals surface area contributed by atoms with Crippen LogP contribution < -0.4 is 10.9 Å². The zero-order chi connectivity index (χ0) is 15.4. The molecule has 1 unspecified atom stereocenters. The zero-order valence-electron chi connectivity index (χ0n) is 12.6. The summed E-state index contributed by atoms with van der Waals surface area (Å²) in [6.45, 7) is 4.80. The summed E-state index contributed by atoms with van der Waals surface area (Å²) in [7, 11) is 1.59. The molecule has 0 fully saturated rings. The molecule has 1 aromatic heterocycles. The number of aryl methyl sites for hydroxylation is 1. The van der Waals surface area contributed by atoms with Gasteiger partial charge >= 0.3 is 0 Å². The highest BCUT2D eigenvalue weighted by Gasteiger charge is 2.28. The van der Waals surface area contributed by atoms with Gasteiger partial charge < -0.3 is 10.1 Å². The highest BCUT2D eigenvalue weighted by molar-refractivity contribution is 7.99. The predicted molar refractivity (Wildman–Crippen MR) is 81.9 cm³/mol. The van der Waals surface area contributed by atoms with Gasteiger partial charge in [-0.1, -0.05) is 18.7 Å². The molecule has 1 aliphatic rings. The molecule has 1 amide bonds. The number of hydrogen-bond donors (Lipinski definition) is 1. The van der Waals surface area contributed by atoms with Gasteiger partial charge in [-0.05, 0) is 13.3 Å². The molecule has 0 spiro atoms. The minimum atomic E-state index is -0.113. The van der Waals surface area contributed by atoms with Crippen molar-refractivity contribution in [3.8, 4) is 0 Å². The maximum absolute atomic E-state index is 12.5. The summed E-state index contributed by atoms with van der Waals surface area (Å²) >= 11 is 1.54. The first-order chi connectivity index (χ1) is 10.1. The van der Waals surface area contributed by atoms with Crippen LogP contribution in [0.2, 0.25) is 0 Å². The van der Waals surface area contributed by atoms with Crippen molar-refractivity contribution >= 4 is 17.7 Å².